The Labute approximate surface area is 90.9 Å². The highest BCUT2D eigenvalue weighted by molar-refractivity contribution is 9.09. The summed E-state index contributed by atoms with van der Waals surface area (Å²) in [6.07, 6.45) is 2.38. The minimum Gasteiger partial charge on any atom is -0.143 e. The third kappa shape index (κ3) is 1.94. The van der Waals surface area contributed by atoms with Crippen molar-refractivity contribution in [2.24, 2.45) is 5.92 Å². The largest absolute Gasteiger partial charge is 0.143 e. The zero-order chi connectivity index (χ0) is 9.42. The Morgan fingerprint density at radius 1 is 1.62 bits per heavy atom. The molecule has 0 saturated heterocycles. The standard InChI is InChI=1S/C9H13BrN2S/c1-3-7(10)9-12-11-8(13-9)6-4-5(6)2/h5-7H,3-4H2,1-2H3. The van der Waals surface area contributed by atoms with Crippen molar-refractivity contribution in [3.05, 3.63) is 10.0 Å². The summed E-state index contributed by atoms with van der Waals surface area (Å²) in [4.78, 5) is 0.396. The number of rotatable bonds is 3. The van der Waals surface area contributed by atoms with Crippen molar-refractivity contribution in [1.82, 2.24) is 10.2 Å². The lowest BCUT2D eigenvalue weighted by molar-refractivity contribution is 0.844. The van der Waals surface area contributed by atoms with Crippen LogP contribution in [0.15, 0.2) is 0 Å². The third-order valence-corrected chi connectivity index (χ3v) is 5.06. The molecule has 1 aromatic rings. The summed E-state index contributed by atoms with van der Waals surface area (Å²) in [5.74, 6) is 1.54. The van der Waals surface area contributed by atoms with Gasteiger partial charge in [-0.2, -0.15) is 0 Å². The number of hydrogen-bond donors (Lipinski definition) is 0. The molecule has 1 saturated carbocycles. The quantitative estimate of drug-likeness (QED) is 0.778. The van der Waals surface area contributed by atoms with Crippen LogP contribution in [0.4, 0.5) is 0 Å². The zero-order valence-corrected chi connectivity index (χ0v) is 10.2. The first-order valence-electron chi connectivity index (χ1n) is 4.69. The van der Waals surface area contributed by atoms with E-state index >= 15 is 0 Å². The normalized spacial score (nSPS) is 28.8. The molecule has 0 amide bonds. The van der Waals surface area contributed by atoms with Crippen LogP contribution in [0.5, 0.6) is 0 Å². The van der Waals surface area contributed by atoms with Gasteiger partial charge < -0.3 is 0 Å². The van der Waals surface area contributed by atoms with E-state index in [4.69, 9.17) is 0 Å². The number of hydrogen-bond acceptors (Lipinski definition) is 3. The van der Waals surface area contributed by atoms with E-state index in [2.05, 4.69) is 40.0 Å². The molecule has 1 aliphatic rings. The zero-order valence-electron chi connectivity index (χ0n) is 7.83. The van der Waals surface area contributed by atoms with Gasteiger partial charge in [0.1, 0.15) is 10.0 Å². The topological polar surface area (TPSA) is 25.8 Å². The lowest BCUT2D eigenvalue weighted by atomic mass is 10.4. The summed E-state index contributed by atoms with van der Waals surface area (Å²) in [6, 6.07) is 0. The van der Waals surface area contributed by atoms with Gasteiger partial charge in [0.05, 0.1) is 4.83 Å². The van der Waals surface area contributed by atoms with Crippen LogP contribution < -0.4 is 0 Å². The van der Waals surface area contributed by atoms with Gasteiger partial charge >= 0.3 is 0 Å². The van der Waals surface area contributed by atoms with Crippen LogP contribution >= 0.6 is 27.3 Å². The van der Waals surface area contributed by atoms with Gasteiger partial charge in [0, 0.05) is 5.92 Å². The molecule has 72 valence electrons. The van der Waals surface area contributed by atoms with Crippen molar-refractivity contribution >= 4 is 27.3 Å². The molecule has 1 heterocycles. The predicted molar refractivity (Wildman–Crippen MR) is 58.4 cm³/mol. The molecule has 4 heteroatoms. The minimum atomic E-state index is 0.396. The molecule has 0 spiro atoms. The highest BCUT2D eigenvalue weighted by Gasteiger charge is 2.37. The van der Waals surface area contributed by atoms with Crippen molar-refractivity contribution in [2.45, 2.75) is 37.4 Å². The Balaban J connectivity index is 2.09. The van der Waals surface area contributed by atoms with Gasteiger partial charge in [0.15, 0.2) is 0 Å². The van der Waals surface area contributed by atoms with Crippen LogP contribution in [0.25, 0.3) is 0 Å². The molecule has 1 aromatic heterocycles. The molecule has 1 aliphatic carbocycles. The first-order valence-corrected chi connectivity index (χ1v) is 6.43. The molecule has 0 aromatic carbocycles. The van der Waals surface area contributed by atoms with Crippen molar-refractivity contribution < 1.29 is 0 Å². The maximum Gasteiger partial charge on any atom is 0.131 e. The van der Waals surface area contributed by atoms with Gasteiger partial charge in [-0.1, -0.05) is 29.8 Å². The molecular formula is C9H13BrN2S. The molecule has 3 atom stereocenters. The third-order valence-electron chi connectivity index (χ3n) is 2.51. The van der Waals surface area contributed by atoms with Gasteiger partial charge in [-0.3, -0.25) is 0 Å². The van der Waals surface area contributed by atoms with E-state index in [9.17, 15) is 0 Å². The highest BCUT2D eigenvalue weighted by atomic mass is 79.9. The average molecular weight is 261 g/mol. The van der Waals surface area contributed by atoms with Crippen LogP contribution in [-0.2, 0) is 0 Å². The van der Waals surface area contributed by atoms with E-state index in [0.29, 0.717) is 10.7 Å². The van der Waals surface area contributed by atoms with Crippen LogP contribution in [-0.4, -0.2) is 10.2 Å². The summed E-state index contributed by atoms with van der Waals surface area (Å²) in [6.45, 7) is 4.43. The van der Waals surface area contributed by atoms with Crippen LogP contribution in [0.2, 0.25) is 0 Å². The van der Waals surface area contributed by atoms with E-state index in [0.717, 1.165) is 17.3 Å². The van der Waals surface area contributed by atoms with E-state index in [1.165, 1.54) is 11.4 Å². The Hall–Kier alpha value is 0.0400. The maximum atomic E-state index is 4.24. The maximum absolute atomic E-state index is 4.24. The molecule has 13 heavy (non-hydrogen) atoms. The molecule has 3 unspecified atom stereocenters. The molecule has 0 N–H and O–H groups in total. The highest BCUT2D eigenvalue weighted by Crippen LogP contribution is 2.48. The fourth-order valence-electron chi connectivity index (χ4n) is 1.36. The van der Waals surface area contributed by atoms with Gasteiger partial charge in [0.2, 0.25) is 0 Å². The Kier molecular flexibility index (Phi) is 2.70. The molecular weight excluding hydrogens is 248 g/mol. The second-order valence-electron chi connectivity index (χ2n) is 3.67. The molecule has 0 radical (unpaired) electrons. The van der Waals surface area contributed by atoms with Gasteiger partial charge in [-0.05, 0) is 18.8 Å². The van der Waals surface area contributed by atoms with E-state index in [1.807, 2.05) is 0 Å². The summed E-state index contributed by atoms with van der Waals surface area (Å²) in [5.41, 5.74) is 0. The minimum absolute atomic E-state index is 0.396. The molecule has 2 nitrogen and oxygen atoms in total. The first-order chi connectivity index (χ1) is 6.22. The molecule has 0 bridgehead atoms. The average Bonchev–Trinajstić information content (AvgIpc) is 2.70. The van der Waals surface area contributed by atoms with Crippen molar-refractivity contribution in [2.75, 3.05) is 0 Å². The SMILES string of the molecule is CCC(Br)c1nnc(C2CC2C)s1. The van der Waals surface area contributed by atoms with E-state index < -0.39 is 0 Å². The first kappa shape index (κ1) is 9.59. The summed E-state index contributed by atoms with van der Waals surface area (Å²) in [5, 5.41) is 10.8. The predicted octanol–water partition coefficient (Wildman–Crippen LogP) is 3.51. The lowest BCUT2D eigenvalue weighted by Crippen LogP contribution is -1.85. The molecule has 1 fully saturated rings. The monoisotopic (exact) mass is 260 g/mol. The van der Waals surface area contributed by atoms with Gasteiger partial charge in [-0.25, -0.2) is 0 Å². The molecule has 0 aliphatic heterocycles. The van der Waals surface area contributed by atoms with Gasteiger partial charge in [0.25, 0.3) is 0 Å². The number of nitrogens with zero attached hydrogens (tertiary/aromatic N) is 2. The smallest absolute Gasteiger partial charge is 0.131 e. The van der Waals surface area contributed by atoms with Gasteiger partial charge in [-0.15, -0.1) is 21.5 Å². The van der Waals surface area contributed by atoms with Crippen LogP contribution in [0.3, 0.4) is 0 Å². The van der Waals surface area contributed by atoms with Crippen molar-refractivity contribution in [3.8, 4) is 0 Å². The van der Waals surface area contributed by atoms with Crippen LogP contribution in [0, 0.1) is 5.92 Å². The van der Waals surface area contributed by atoms with Crippen molar-refractivity contribution in [3.63, 3.8) is 0 Å². The van der Waals surface area contributed by atoms with Crippen molar-refractivity contribution in [1.29, 1.82) is 0 Å². The summed E-state index contributed by atoms with van der Waals surface area (Å²) < 4.78 is 0. The van der Waals surface area contributed by atoms with Crippen LogP contribution in [0.1, 0.15) is 47.4 Å². The number of aromatic nitrogens is 2. The van der Waals surface area contributed by atoms with E-state index in [-0.39, 0.29) is 0 Å². The summed E-state index contributed by atoms with van der Waals surface area (Å²) in [7, 11) is 0. The Morgan fingerprint density at radius 3 is 2.85 bits per heavy atom. The lowest BCUT2D eigenvalue weighted by Gasteiger charge is -1.97. The Bertz CT molecular complexity index is 281. The molecule has 2 rings (SSSR count). The number of alkyl halides is 1. The summed E-state index contributed by atoms with van der Waals surface area (Å²) >= 11 is 5.36. The second kappa shape index (κ2) is 3.65. The number of halogens is 1. The Morgan fingerprint density at radius 2 is 2.31 bits per heavy atom. The fourth-order valence-corrected chi connectivity index (χ4v) is 2.89. The van der Waals surface area contributed by atoms with E-state index in [1.54, 1.807) is 11.3 Å². The fraction of sp³-hybridized carbons (Fsp3) is 0.778. The second-order valence-corrected chi connectivity index (χ2v) is 5.82.